The number of tetrazole rings is 1. The fraction of sp³-hybridized carbons (Fsp3) is 0.111. The third kappa shape index (κ3) is 7.00. The SMILES string of the molecule is CCc1cc(OCc2ccc(-c3ccccc3-c3nnn(C(c4ccccc4)(c4ccccc4)c4ccccc4)n3)cc2)c2nc(OCC(N)=O)ccc2n1. The first kappa shape index (κ1) is 34.9. The normalized spacial score (nSPS) is 11.4. The molecule has 1 amide bonds. The molecule has 3 aromatic heterocycles. The molecule has 10 heteroatoms. The van der Waals surface area contributed by atoms with Crippen molar-refractivity contribution in [2.45, 2.75) is 25.5 Å². The maximum absolute atomic E-state index is 11.3. The van der Waals surface area contributed by atoms with Crippen molar-refractivity contribution >= 4 is 16.9 Å². The van der Waals surface area contributed by atoms with Gasteiger partial charge in [0.05, 0.1) is 5.52 Å². The van der Waals surface area contributed by atoms with E-state index in [1.54, 1.807) is 16.9 Å². The van der Waals surface area contributed by atoms with Gasteiger partial charge in [0.15, 0.2) is 12.1 Å². The van der Waals surface area contributed by atoms with Gasteiger partial charge in [-0.15, -0.1) is 15.0 Å². The number of pyridine rings is 2. The monoisotopic (exact) mass is 723 g/mol. The zero-order valence-electron chi connectivity index (χ0n) is 30.1. The van der Waals surface area contributed by atoms with Gasteiger partial charge < -0.3 is 15.2 Å². The molecule has 0 atom stereocenters. The lowest BCUT2D eigenvalue weighted by Gasteiger charge is -2.34. The van der Waals surface area contributed by atoms with Gasteiger partial charge in [0.25, 0.3) is 5.91 Å². The van der Waals surface area contributed by atoms with E-state index in [0.717, 1.165) is 51.1 Å². The first-order valence-electron chi connectivity index (χ1n) is 18.0. The van der Waals surface area contributed by atoms with E-state index in [2.05, 4.69) is 64.6 Å². The summed E-state index contributed by atoms with van der Waals surface area (Å²) in [5, 5.41) is 14.6. The van der Waals surface area contributed by atoms with Crippen LogP contribution in [0.3, 0.4) is 0 Å². The minimum Gasteiger partial charge on any atom is -0.486 e. The minimum absolute atomic E-state index is 0.269. The van der Waals surface area contributed by atoms with Crippen molar-refractivity contribution in [2.75, 3.05) is 6.61 Å². The minimum atomic E-state index is -0.878. The summed E-state index contributed by atoms with van der Waals surface area (Å²) in [4.78, 5) is 22.2. The Bertz CT molecular complexity index is 2460. The number of aryl methyl sites for hydroxylation is 1. The number of aromatic nitrogens is 6. The molecule has 8 aromatic rings. The van der Waals surface area contributed by atoms with E-state index in [1.807, 2.05) is 97.9 Å². The molecule has 5 aromatic carbocycles. The highest BCUT2D eigenvalue weighted by molar-refractivity contribution is 5.82. The van der Waals surface area contributed by atoms with E-state index in [4.69, 9.17) is 30.6 Å². The molecule has 0 bridgehead atoms. The van der Waals surface area contributed by atoms with Crippen molar-refractivity contribution in [3.05, 3.63) is 186 Å². The quantitative estimate of drug-likeness (QED) is 0.119. The van der Waals surface area contributed by atoms with Crippen LogP contribution in [0.25, 0.3) is 33.5 Å². The maximum atomic E-state index is 11.3. The third-order valence-electron chi connectivity index (χ3n) is 9.48. The summed E-state index contributed by atoms with van der Waals surface area (Å²) >= 11 is 0. The number of ether oxygens (including phenoxy) is 2. The maximum Gasteiger partial charge on any atom is 0.255 e. The first-order valence-corrected chi connectivity index (χ1v) is 18.0. The van der Waals surface area contributed by atoms with E-state index < -0.39 is 11.4 Å². The largest absolute Gasteiger partial charge is 0.486 e. The molecule has 0 aliphatic rings. The summed E-state index contributed by atoms with van der Waals surface area (Å²) in [6.07, 6.45) is 0.731. The molecular weight excluding hydrogens is 687 g/mol. The van der Waals surface area contributed by atoms with Crippen molar-refractivity contribution in [1.82, 2.24) is 30.2 Å². The van der Waals surface area contributed by atoms with Crippen LogP contribution in [-0.4, -0.2) is 42.7 Å². The number of amides is 1. The van der Waals surface area contributed by atoms with Crippen molar-refractivity contribution in [3.8, 4) is 34.1 Å². The number of benzene rings is 5. The Kier molecular flexibility index (Phi) is 9.77. The van der Waals surface area contributed by atoms with Crippen LogP contribution in [0.4, 0.5) is 0 Å². The fourth-order valence-corrected chi connectivity index (χ4v) is 6.85. The lowest BCUT2D eigenvalue weighted by atomic mass is 9.77. The highest BCUT2D eigenvalue weighted by atomic mass is 16.5. The van der Waals surface area contributed by atoms with Crippen LogP contribution < -0.4 is 15.2 Å². The van der Waals surface area contributed by atoms with E-state index in [1.165, 1.54) is 0 Å². The molecule has 55 heavy (non-hydrogen) atoms. The lowest BCUT2D eigenvalue weighted by molar-refractivity contribution is -0.120. The number of nitrogens with two attached hydrogens (primary N) is 1. The summed E-state index contributed by atoms with van der Waals surface area (Å²) in [5.41, 5.74) is 13.3. The molecule has 8 rings (SSSR count). The number of nitrogens with zero attached hydrogens (tertiary/aromatic N) is 6. The summed E-state index contributed by atoms with van der Waals surface area (Å²) < 4.78 is 11.8. The average molecular weight is 724 g/mol. The van der Waals surface area contributed by atoms with E-state index in [-0.39, 0.29) is 12.5 Å². The number of carbonyl (C=O) groups excluding carboxylic acids is 1. The van der Waals surface area contributed by atoms with Crippen LogP contribution in [0.2, 0.25) is 0 Å². The molecule has 0 radical (unpaired) electrons. The smallest absolute Gasteiger partial charge is 0.255 e. The van der Waals surface area contributed by atoms with Gasteiger partial charge in [0.1, 0.15) is 17.9 Å². The van der Waals surface area contributed by atoms with E-state index in [9.17, 15) is 4.79 Å². The molecule has 3 heterocycles. The zero-order valence-corrected chi connectivity index (χ0v) is 30.1. The van der Waals surface area contributed by atoms with Crippen molar-refractivity contribution in [1.29, 1.82) is 0 Å². The second kappa shape index (κ2) is 15.4. The van der Waals surface area contributed by atoms with Gasteiger partial charge in [0.2, 0.25) is 11.7 Å². The van der Waals surface area contributed by atoms with Gasteiger partial charge in [-0.05, 0) is 51.1 Å². The second-order valence-corrected chi connectivity index (χ2v) is 13.0. The predicted molar refractivity (Wildman–Crippen MR) is 211 cm³/mol. The Hall–Kier alpha value is -7.20. The predicted octanol–water partition coefficient (Wildman–Crippen LogP) is 7.80. The molecule has 0 fully saturated rings. The van der Waals surface area contributed by atoms with Crippen LogP contribution in [0.15, 0.2) is 158 Å². The van der Waals surface area contributed by atoms with Crippen molar-refractivity contribution < 1.29 is 14.3 Å². The zero-order chi connectivity index (χ0) is 37.6. The Morgan fingerprint density at radius 3 is 1.89 bits per heavy atom. The number of hydrogen-bond acceptors (Lipinski definition) is 8. The molecule has 0 aliphatic carbocycles. The van der Waals surface area contributed by atoms with Crippen LogP contribution in [0.5, 0.6) is 11.6 Å². The molecule has 0 saturated carbocycles. The number of rotatable bonds is 13. The van der Waals surface area contributed by atoms with Gasteiger partial charge >= 0.3 is 0 Å². The fourth-order valence-electron chi connectivity index (χ4n) is 6.85. The number of carbonyl (C=O) groups is 1. The Balaban J connectivity index is 1.11. The number of primary amides is 1. The van der Waals surface area contributed by atoms with Crippen LogP contribution in [-0.2, 0) is 23.4 Å². The highest BCUT2D eigenvalue weighted by Crippen LogP contribution is 2.40. The summed E-state index contributed by atoms with van der Waals surface area (Å²) in [7, 11) is 0. The molecular formula is C45H37N7O3. The second-order valence-electron chi connectivity index (χ2n) is 13.0. The van der Waals surface area contributed by atoms with Gasteiger partial charge in [-0.2, -0.15) is 0 Å². The Morgan fingerprint density at radius 2 is 1.29 bits per heavy atom. The standard InChI is InChI=1S/C45H37N7O3/c1-2-36-28-40(43-39(47-36)26-27-42(48-43)55-30-41(46)53)54-29-31-22-24-32(25-23-31)37-20-12-13-21-38(37)44-49-51-52(50-44)45(33-14-6-3-7-15-33,34-16-8-4-9-17-34)35-18-10-5-11-19-35/h3-28H,2,29-30H2,1H3,(H2,46,53). The van der Waals surface area contributed by atoms with Crippen molar-refractivity contribution in [3.63, 3.8) is 0 Å². The Morgan fingerprint density at radius 1 is 0.691 bits per heavy atom. The van der Waals surface area contributed by atoms with Crippen molar-refractivity contribution in [2.24, 2.45) is 5.73 Å². The van der Waals surface area contributed by atoms with Gasteiger partial charge in [-0.3, -0.25) is 9.78 Å². The van der Waals surface area contributed by atoms with Gasteiger partial charge in [-0.25, -0.2) is 4.98 Å². The lowest BCUT2D eigenvalue weighted by Crippen LogP contribution is -2.39. The Labute approximate surface area is 318 Å². The van der Waals surface area contributed by atoms with Gasteiger partial charge in [-0.1, -0.05) is 146 Å². The molecule has 10 nitrogen and oxygen atoms in total. The number of fused-ring (bicyclic) bond motifs is 1. The topological polar surface area (TPSA) is 131 Å². The first-order chi connectivity index (χ1) is 27.0. The molecule has 270 valence electrons. The van der Waals surface area contributed by atoms with Crippen LogP contribution in [0, 0.1) is 0 Å². The van der Waals surface area contributed by atoms with Gasteiger partial charge in [0, 0.05) is 23.4 Å². The average Bonchev–Trinajstić information content (AvgIpc) is 3.74. The summed E-state index contributed by atoms with van der Waals surface area (Å²) in [6, 6.07) is 52.6. The molecule has 0 saturated heterocycles. The summed E-state index contributed by atoms with van der Waals surface area (Å²) in [5.74, 6) is 0.777. The highest BCUT2D eigenvalue weighted by Gasteiger charge is 2.41. The summed E-state index contributed by atoms with van der Waals surface area (Å²) in [6.45, 7) is 2.07. The van der Waals surface area contributed by atoms with E-state index in [0.29, 0.717) is 29.2 Å². The number of hydrogen-bond donors (Lipinski definition) is 1. The third-order valence-corrected chi connectivity index (χ3v) is 9.48. The van der Waals surface area contributed by atoms with Crippen LogP contribution in [0.1, 0.15) is 34.9 Å². The molecule has 0 aliphatic heterocycles. The van der Waals surface area contributed by atoms with E-state index >= 15 is 0 Å². The molecule has 0 unspecified atom stereocenters. The van der Waals surface area contributed by atoms with Crippen LogP contribution >= 0.6 is 0 Å². The molecule has 0 spiro atoms. The molecule has 2 N–H and O–H groups in total.